The van der Waals surface area contributed by atoms with Gasteiger partial charge in [-0.15, -0.1) is 4.68 Å². The van der Waals surface area contributed by atoms with Gasteiger partial charge in [0.2, 0.25) is 0 Å². The molecule has 0 N–H and O–H groups in total. The quantitative estimate of drug-likeness (QED) is 0.608. The molecular weight excluding hydrogens is 164 g/mol. The largest absolute Gasteiger partial charge is 0.259 e. The van der Waals surface area contributed by atoms with Gasteiger partial charge in [-0.05, 0) is 20.8 Å². The Kier molecular flexibility index (Phi) is 2.41. The molecule has 1 rings (SSSR count). The third-order valence-corrected chi connectivity index (χ3v) is 1.96. The van der Waals surface area contributed by atoms with Crippen molar-refractivity contribution in [3.8, 4) is 0 Å². The van der Waals surface area contributed by atoms with Crippen LogP contribution in [0.5, 0.6) is 0 Å². The summed E-state index contributed by atoms with van der Waals surface area (Å²) in [6.07, 6.45) is 0. The van der Waals surface area contributed by atoms with Crippen LogP contribution in [0.2, 0.25) is 0 Å². The number of aryl methyl sites for hydroxylation is 1. The number of tetrazole rings is 1. The van der Waals surface area contributed by atoms with Crippen molar-refractivity contribution in [2.75, 3.05) is 0 Å². The van der Waals surface area contributed by atoms with Crippen molar-refractivity contribution in [2.24, 2.45) is 7.05 Å². The molecule has 0 aromatic carbocycles. The molecule has 13 heavy (non-hydrogen) atoms. The summed E-state index contributed by atoms with van der Waals surface area (Å²) in [7, 11) is 1.94. The minimum absolute atomic E-state index is 0.00780. The van der Waals surface area contributed by atoms with Crippen LogP contribution in [0.3, 0.4) is 0 Å². The summed E-state index contributed by atoms with van der Waals surface area (Å²) in [4.78, 5) is 0. The molecule has 1 heterocycles. The minimum atomic E-state index is 0.00780. The zero-order valence-corrected chi connectivity index (χ0v) is 9.37. The molecule has 0 saturated heterocycles. The Hall–Kier alpha value is -0.930. The molecule has 4 heteroatoms. The molecule has 1 aromatic heterocycles. The number of rotatable bonds is 1. The fourth-order valence-corrected chi connectivity index (χ4v) is 1.42. The molecule has 0 saturated carbocycles. The van der Waals surface area contributed by atoms with E-state index >= 15 is 0 Å². The van der Waals surface area contributed by atoms with Crippen LogP contribution in [0.1, 0.15) is 46.4 Å². The van der Waals surface area contributed by atoms with Crippen LogP contribution < -0.4 is 4.68 Å². The van der Waals surface area contributed by atoms with Crippen LogP contribution in [0.4, 0.5) is 0 Å². The summed E-state index contributed by atoms with van der Waals surface area (Å²) < 4.78 is 3.83. The second-order valence-electron chi connectivity index (χ2n) is 4.70. The molecule has 0 spiro atoms. The van der Waals surface area contributed by atoms with Crippen molar-refractivity contribution in [2.45, 2.75) is 46.1 Å². The fourth-order valence-electron chi connectivity index (χ4n) is 1.42. The molecule has 0 fully saturated rings. The molecular formula is C9H19N4+. The zero-order chi connectivity index (χ0) is 10.2. The van der Waals surface area contributed by atoms with E-state index < -0.39 is 0 Å². The van der Waals surface area contributed by atoms with Crippen LogP contribution in [-0.4, -0.2) is 15.1 Å². The Labute approximate surface area is 79.5 Å². The normalized spacial score (nSPS) is 12.5. The molecule has 0 aliphatic rings. The highest BCUT2D eigenvalue weighted by molar-refractivity contribution is 4.87. The van der Waals surface area contributed by atoms with Gasteiger partial charge in [0.15, 0.2) is 5.21 Å². The van der Waals surface area contributed by atoms with Gasteiger partial charge in [-0.2, -0.15) is 0 Å². The van der Waals surface area contributed by atoms with E-state index in [9.17, 15) is 0 Å². The lowest BCUT2D eigenvalue weighted by molar-refractivity contribution is -0.739. The first-order chi connectivity index (χ1) is 5.84. The van der Waals surface area contributed by atoms with E-state index in [1.807, 2.05) is 16.4 Å². The van der Waals surface area contributed by atoms with Gasteiger partial charge in [0.25, 0.3) is 5.82 Å². The second-order valence-corrected chi connectivity index (χ2v) is 4.70. The first-order valence-corrected chi connectivity index (χ1v) is 4.66. The summed E-state index contributed by atoms with van der Waals surface area (Å²) in [5, 5.41) is 8.17. The Balaban J connectivity index is 3.23. The van der Waals surface area contributed by atoms with Gasteiger partial charge in [0, 0.05) is 5.92 Å². The first-order valence-electron chi connectivity index (χ1n) is 4.66. The Morgan fingerprint density at radius 2 is 1.85 bits per heavy atom. The van der Waals surface area contributed by atoms with E-state index in [0.29, 0.717) is 5.92 Å². The maximum absolute atomic E-state index is 4.14. The lowest BCUT2D eigenvalue weighted by atomic mass is 10.1. The van der Waals surface area contributed by atoms with Gasteiger partial charge in [0.05, 0.1) is 7.05 Å². The van der Waals surface area contributed by atoms with E-state index in [0.717, 1.165) is 5.82 Å². The molecule has 0 radical (unpaired) electrons. The van der Waals surface area contributed by atoms with Crippen molar-refractivity contribution in [1.82, 2.24) is 15.1 Å². The van der Waals surface area contributed by atoms with Gasteiger partial charge in [-0.3, -0.25) is 0 Å². The van der Waals surface area contributed by atoms with E-state index in [1.165, 1.54) is 0 Å². The number of nitrogens with zero attached hydrogens (tertiary/aromatic N) is 4. The first kappa shape index (κ1) is 10.2. The van der Waals surface area contributed by atoms with Crippen LogP contribution >= 0.6 is 0 Å². The van der Waals surface area contributed by atoms with Crippen molar-refractivity contribution in [3.05, 3.63) is 5.82 Å². The molecule has 0 aliphatic heterocycles. The monoisotopic (exact) mass is 183 g/mol. The number of aromatic nitrogens is 4. The third-order valence-electron chi connectivity index (χ3n) is 1.96. The van der Waals surface area contributed by atoms with Gasteiger partial charge >= 0.3 is 0 Å². The predicted molar refractivity (Wildman–Crippen MR) is 50.3 cm³/mol. The standard InChI is InChI=1S/C9H19N4/c1-7(2)8-12(6)10-11-13(8)9(3,4)5/h7H,1-6H3/q+1. The Morgan fingerprint density at radius 3 is 2.15 bits per heavy atom. The highest BCUT2D eigenvalue weighted by Crippen LogP contribution is 2.17. The summed E-state index contributed by atoms with van der Waals surface area (Å²) >= 11 is 0. The fraction of sp³-hybridized carbons (Fsp3) is 0.889. The van der Waals surface area contributed by atoms with Crippen LogP contribution in [-0.2, 0) is 12.6 Å². The van der Waals surface area contributed by atoms with E-state index in [-0.39, 0.29) is 5.54 Å². The molecule has 0 atom stereocenters. The Bertz CT molecular complexity index is 293. The Morgan fingerprint density at radius 1 is 1.31 bits per heavy atom. The van der Waals surface area contributed by atoms with Gasteiger partial charge < -0.3 is 0 Å². The third kappa shape index (κ3) is 1.87. The van der Waals surface area contributed by atoms with Crippen LogP contribution in [0, 0.1) is 0 Å². The van der Waals surface area contributed by atoms with Crippen molar-refractivity contribution >= 4 is 0 Å². The molecule has 0 aliphatic carbocycles. The summed E-state index contributed by atoms with van der Waals surface area (Å²) in [6.45, 7) is 10.7. The van der Waals surface area contributed by atoms with Crippen LogP contribution in [0.15, 0.2) is 0 Å². The lowest BCUT2D eigenvalue weighted by Crippen LogP contribution is -2.38. The maximum atomic E-state index is 4.14. The topological polar surface area (TPSA) is 34.6 Å². The summed E-state index contributed by atoms with van der Waals surface area (Å²) in [5.41, 5.74) is 0.00780. The van der Waals surface area contributed by atoms with Gasteiger partial charge in [-0.1, -0.05) is 18.5 Å². The predicted octanol–water partition coefficient (Wildman–Crippen LogP) is 0.981. The molecule has 0 bridgehead atoms. The van der Waals surface area contributed by atoms with Crippen molar-refractivity contribution in [1.29, 1.82) is 0 Å². The average molecular weight is 183 g/mol. The van der Waals surface area contributed by atoms with Crippen molar-refractivity contribution < 1.29 is 4.68 Å². The van der Waals surface area contributed by atoms with Crippen LogP contribution in [0.25, 0.3) is 0 Å². The van der Waals surface area contributed by atoms with E-state index in [4.69, 9.17) is 0 Å². The maximum Gasteiger partial charge on any atom is 0.259 e. The van der Waals surface area contributed by atoms with Gasteiger partial charge in [-0.25, -0.2) is 0 Å². The zero-order valence-electron chi connectivity index (χ0n) is 9.37. The average Bonchev–Trinajstić information content (AvgIpc) is 2.28. The molecule has 4 nitrogen and oxygen atoms in total. The highest BCUT2D eigenvalue weighted by atomic mass is 15.6. The summed E-state index contributed by atoms with van der Waals surface area (Å²) in [5.74, 6) is 1.60. The van der Waals surface area contributed by atoms with E-state index in [2.05, 4.69) is 45.0 Å². The smallest absolute Gasteiger partial charge is 0.140 e. The molecule has 0 unspecified atom stereocenters. The van der Waals surface area contributed by atoms with Gasteiger partial charge in [0.1, 0.15) is 10.8 Å². The van der Waals surface area contributed by atoms with E-state index in [1.54, 1.807) is 0 Å². The molecule has 1 aromatic rings. The lowest BCUT2D eigenvalue weighted by Gasteiger charge is -2.14. The summed E-state index contributed by atoms with van der Waals surface area (Å²) in [6, 6.07) is 0. The minimum Gasteiger partial charge on any atom is -0.140 e. The van der Waals surface area contributed by atoms with Crippen molar-refractivity contribution in [3.63, 3.8) is 0 Å². The molecule has 74 valence electrons. The molecule has 0 amide bonds. The SMILES string of the molecule is CC(C)c1n(C(C)(C)C)nn[n+]1C. The highest BCUT2D eigenvalue weighted by Gasteiger charge is 2.30. The number of hydrogen-bond acceptors (Lipinski definition) is 2. The number of hydrogen-bond donors (Lipinski definition) is 0. The second kappa shape index (κ2) is 3.09.